The number of nitrogens with one attached hydrogen (secondary N) is 2. The van der Waals surface area contributed by atoms with Gasteiger partial charge in [0.25, 0.3) is 0 Å². The maximum Gasteiger partial charge on any atom is 0.200 e. The number of rotatable bonds is 4. The van der Waals surface area contributed by atoms with E-state index in [1.165, 1.54) is 12.5 Å². The van der Waals surface area contributed by atoms with Crippen LogP contribution in [0.5, 0.6) is 0 Å². The monoisotopic (exact) mass is 306 g/mol. The van der Waals surface area contributed by atoms with Gasteiger partial charge in [0.2, 0.25) is 0 Å². The van der Waals surface area contributed by atoms with Crippen LogP contribution in [0.15, 0.2) is 42.9 Å². The fourth-order valence-electron chi connectivity index (χ4n) is 1.44. The Morgan fingerprint density at radius 2 is 2.10 bits per heavy atom. The summed E-state index contributed by atoms with van der Waals surface area (Å²) in [5, 5.41) is 6.60. The van der Waals surface area contributed by atoms with Crippen molar-refractivity contribution < 1.29 is 4.79 Å². The van der Waals surface area contributed by atoms with Gasteiger partial charge in [0.05, 0.1) is 17.3 Å². The highest BCUT2D eigenvalue weighted by molar-refractivity contribution is 7.80. The molecule has 102 valence electrons. The number of hydrogen-bond acceptors (Lipinski definition) is 4. The summed E-state index contributed by atoms with van der Waals surface area (Å²) in [6.07, 6.45) is 2.84. The molecule has 0 saturated heterocycles. The third-order valence-corrected chi connectivity index (χ3v) is 2.98. The zero-order chi connectivity index (χ0) is 14.4. The lowest BCUT2D eigenvalue weighted by atomic mass is 10.3. The number of carbonyl (C=O) groups excluding carboxylic acids is 1. The number of aromatic nitrogens is 2. The van der Waals surface area contributed by atoms with Crippen LogP contribution in [0.3, 0.4) is 0 Å². The zero-order valence-corrected chi connectivity index (χ0v) is 11.9. The topological polar surface area (TPSA) is 66.9 Å². The summed E-state index contributed by atoms with van der Waals surface area (Å²) in [5.41, 5.74) is 1.02. The van der Waals surface area contributed by atoms with Crippen LogP contribution in [-0.2, 0) is 0 Å². The molecule has 7 heteroatoms. The highest BCUT2D eigenvalue weighted by atomic mass is 35.5. The van der Waals surface area contributed by atoms with Crippen molar-refractivity contribution in [3.05, 3.63) is 53.6 Å². The molecule has 20 heavy (non-hydrogen) atoms. The van der Waals surface area contributed by atoms with Crippen LogP contribution in [0.1, 0.15) is 10.5 Å². The maximum absolute atomic E-state index is 11.8. The molecule has 2 aromatic rings. The van der Waals surface area contributed by atoms with E-state index in [0.717, 1.165) is 0 Å². The van der Waals surface area contributed by atoms with Gasteiger partial charge in [-0.25, -0.2) is 9.97 Å². The molecule has 0 aliphatic heterocycles. The minimum absolute atomic E-state index is 0.0489. The summed E-state index contributed by atoms with van der Waals surface area (Å²) < 4.78 is 0. The van der Waals surface area contributed by atoms with Gasteiger partial charge in [-0.15, -0.1) is 0 Å². The molecular formula is C13H11ClN4OS. The lowest BCUT2D eigenvalue weighted by Crippen LogP contribution is -2.33. The predicted octanol–water partition coefficient (Wildman–Crippen LogP) is 2.30. The molecule has 0 fully saturated rings. The summed E-state index contributed by atoms with van der Waals surface area (Å²) in [7, 11) is 0. The molecule has 1 aromatic carbocycles. The molecule has 5 nitrogen and oxygen atoms in total. The first kappa shape index (κ1) is 14.4. The highest BCUT2D eigenvalue weighted by Crippen LogP contribution is 2.19. The standard InChI is InChI=1S/C13H11ClN4OS/c14-9-3-1-2-4-10(9)18-13(20)16-7-12(19)11-5-6-15-8-17-11/h1-6,8H,7H2,(H2,16,18,20). The number of benzene rings is 1. The Balaban J connectivity index is 1.87. The van der Waals surface area contributed by atoms with Crippen LogP contribution in [0.4, 0.5) is 5.69 Å². The molecule has 0 radical (unpaired) electrons. The van der Waals surface area contributed by atoms with Gasteiger partial charge in [-0.05, 0) is 30.4 Å². The minimum Gasteiger partial charge on any atom is -0.355 e. The van der Waals surface area contributed by atoms with Crippen molar-refractivity contribution in [3.8, 4) is 0 Å². The first-order chi connectivity index (χ1) is 9.66. The fourth-order valence-corrected chi connectivity index (χ4v) is 1.80. The molecule has 0 unspecified atom stereocenters. The smallest absolute Gasteiger partial charge is 0.200 e. The van der Waals surface area contributed by atoms with Crippen molar-refractivity contribution in [1.29, 1.82) is 0 Å². The molecule has 0 amide bonds. The molecule has 0 atom stereocenters. The molecule has 0 aliphatic rings. The van der Waals surface area contributed by atoms with Crippen LogP contribution in [0, 0.1) is 0 Å². The molecule has 0 saturated carbocycles. The highest BCUT2D eigenvalue weighted by Gasteiger charge is 2.08. The van der Waals surface area contributed by atoms with Crippen molar-refractivity contribution in [1.82, 2.24) is 15.3 Å². The van der Waals surface area contributed by atoms with E-state index in [-0.39, 0.29) is 12.3 Å². The Kier molecular flexibility index (Phi) is 4.97. The number of Topliss-reactive ketones (excluding diaryl/α,β-unsaturated/α-hetero) is 1. The summed E-state index contributed by atoms with van der Waals surface area (Å²) >= 11 is 11.1. The van der Waals surface area contributed by atoms with Crippen molar-refractivity contribution >= 4 is 40.4 Å². The Morgan fingerprint density at radius 1 is 1.30 bits per heavy atom. The van der Waals surface area contributed by atoms with Gasteiger partial charge in [-0.2, -0.15) is 0 Å². The number of para-hydroxylation sites is 1. The van der Waals surface area contributed by atoms with Gasteiger partial charge in [-0.3, -0.25) is 4.79 Å². The molecule has 1 heterocycles. The van der Waals surface area contributed by atoms with Gasteiger partial charge in [0.1, 0.15) is 12.0 Å². The van der Waals surface area contributed by atoms with Gasteiger partial charge in [-0.1, -0.05) is 23.7 Å². The number of carbonyl (C=O) groups is 1. The van der Waals surface area contributed by atoms with E-state index in [1.54, 1.807) is 18.2 Å². The summed E-state index contributed by atoms with van der Waals surface area (Å²) in [6.45, 7) is 0.0489. The van der Waals surface area contributed by atoms with E-state index >= 15 is 0 Å². The first-order valence-electron chi connectivity index (χ1n) is 5.75. The van der Waals surface area contributed by atoms with E-state index in [4.69, 9.17) is 23.8 Å². The molecule has 2 N–H and O–H groups in total. The lowest BCUT2D eigenvalue weighted by Gasteiger charge is -2.10. The Labute approximate surface area is 126 Å². The third-order valence-electron chi connectivity index (χ3n) is 2.40. The van der Waals surface area contributed by atoms with Crippen LogP contribution < -0.4 is 10.6 Å². The largest absolute Gasteiger partial charge is 0.355 e. The molecule has 0 spiro atoms. The van der Waals surface area contributed by atoms with Gasteiger partial charge >= 0.3 is 0 Å². The second kappa shape index (κ2) is 6.93. The predicted molar refractivity (Wildman–Crippen MR) is 82.0 cm³/mol. The van der Waals surface area contributed by atoms with Crippen LogP contribution in [0.2, 0.25) is 5.02 Å². The Bertz CT molecular complexity index is 621. The van der Waals surface area contributed by atoms with Crippen LogP contribution >= 0.6 is 23.8 Å². The van der Waals surface area contributed by atoms with E-state index in [1.807, 2.05) is 12.1 Å². The fraction of sp³-hybridized carbons (Fsp3) is 0.0769. The summed E-state index contributed by atoms with van der Waals surface area (Å²) in [5.74, 6) is -0.171. The van der Waals surface area contributed by atoms with Gasteiger partial charge in [0, 0.05) is 6.20 Å². The number of thiocarbonyl (C=S) groups is 1. The molecule has 0 bridgehead atoms. The van der Waals surface area contributed by atoms with E-state index in [0.29, 0.717) is 21.5 Å². The maximum atomic E-state index is 11.8. The quantitative estimate of drug-likeness (QED) is 0.667. The first-order valence-corrected chi connectivity index (χ1v) is 6.54. The average molecular weight is 307 g/mol. The lowest BCUT2D eigenvalue weighted by molar-refractivity contribution is 0.0991. The number of hydrogen-bond donors (Lipinski definition) is 2. The van der Waals surface area contributed by atoms with E-state index in [9.17, 15) is 4.79 Å². The number of nitrogens with zero attached hydrogens (tertiary/aromatic N) is 2. The second-order valence-corrected chi connectivity index (χ2v) is 4.62. The zero-order valence-electron chi connectivity index (χ0n) is 10.3. The van der Waals surface area contributed by atoms with Gasteiger partial charge < -0.3 is 10.6 Å². The number of ketones is 1. The second-order valence-electron chi connectivity index (χ2n) is 3.81. The van der Waals surface area contributed by atoms with Crippen LogP contribution in [0.25, 0.3) is 0 Å². The van der Waals surface area contributed by atoms with E-state index in [2.05, 4.69) is 20.6 Å². The molecule has 0 aliphatic carbocycles. The number of anilines is 1. The van der Waals surface area contributed by atoms with Gasteiger partial charge in [0.15, 0.2) is 10.9 Å². The van der Waals surface area contributed by atoms with Crippen molar-refractivity contribution in [2.45, 2.75) is 0 Å². The van der Waals surface area contributed by atoms with Crippen LogP contribution in [-0.4, -0.2) is 27.4 Å². The molecule has 2 rings (SSSR count). The minimum atomic E-state index is -0.171. The number of halogens is 1. The Morgan fingerprint density at radius 3 is 2.80 bits per heavy atom. The van der Waals surface area contributed by atoms with E-state index < -0.39 is 0 Å². The van der Waals surface area contributed by atoms with Crippen molar-refractivity contribution in [2.75, 3.05) is 11.9 Å². The normalized spacial score (nSPS) is 9.85. The average Bonchev–Trinajstić information content (AvgIpc) is 2.48. The van der Waals surface area contributed by atoms with Crippen molar-refractivity contribution in [2.24, 2.45) is 0 Å². The molecule has 1 aromatic heterocycles. The summed E-state index contributed by atoms with van der Waals surface area (Å²) in [4.78, 5) is 19.4. The summed E-state index contributed by atoms with van der Waals surface area (Å²) in [6, 6.07) is 8.75. The SMILES string of the molecule is O=C(CNC(=S)Nc1ccccc1Cl)c1ccncn1. The van der Waals surface area contributed by atoms with Crippen molar-refractivity contribution in [3.63, 3.8) is 0 Å². The molecular weight excluding hydrogens is 296 g/mol. The third kappa shape index (κ3) is 3.97. The Hall–Kier alpha value is -2.05.